The third kappa shape index (κ3) is 5.73. The zero-order valence-corrected chi connectivity index (χ0v) is 23.2. The average molecular weight is 545 g/mol. The summed E-state index contributed by atoms with van der Waals surface area (Å²) < 4.78 is 7.61. The average Bonchev–Trinajstić information content (AvgIpc) is 3.68. The van der Waals surface area contributed by atoms with E-state index in [2.05, 4.69) is 62.7 Å². The number of rotatable bonds is 10. The molecule has 8 nitrogen and oxygen atoms in total. The van der Waals surface area contributed by atoms with Crippen LogP contribution in [-0.2, 0) is 26.1 Å². The Kier molecular flexibility index (Phi) is 7.56. The Morgan fingerprint density at radius 3 is 2.34 bits per heavy atom. The van der Waals surface area contributed by atoms with Gasteiger partial charge in [-0.25, -0.2) is 4.68 Å². The molecule has 0 bridgehead atoms. The summed E-state index contributed by atoms with van der Waals surface area (Å²) in [6.07, 6.45) is 2.43. The molecule has 0 radical (unpaired) electrons. The number of benzene rings is 3. The van der Waals surface area contributed by atoms with Crippen molar-refractivity contribution in [3.05, 3.63) is 147 Å². The number of aryl methyl sites for hydroxylation is 4. The second kappa shape index (κ2) is 11.7. The summed E-state index contributed by atoms with van der Waals surface area (Å²) in [5.74, 6) is 1.40. The molecular formula is C33H32N6O2. The van der Waals surface area contributed by atoms with Crippen LogP contribution in [0.25, 0.3) is 10.9 Å². The van der Waals surface area contributed by atoms with Crippen LogP contribution in [0.3, 0.4) is 0 Å². The molecule has 0 spiro atoms. The van der Waals surface area contributed by atoms with Gasteiger partial charge in [-0.3, -0.25) is 9.69 Å². The van der Waals surface area contributed by atoms with E-state index in [0.29, 0.717) is 31.0 Å². The van der Waals surface area contributed by atoms with Crippen molar-refractivity contribution >= 4 is 10.9 Å². The maximum absolute atomic E-state index is 13.9. The van der Waals surface area contributed by atoms with Crippen LogP contribution in [-0.4, -0.2) is 30.1 Å². The molecule has 0 amide bonds. The highest BCUT2D eigenvalue weighted by Gasteiger charge is 2.31. The second-order valence-electron chi connectivity index (χ2n) is 10.4. The minimum absolute atomic E-state index is 0.161. The number of aromatic nitrogens is 5. The summed E-state index contributed by atoms with van der Waals surface area (Å²) in [6.45, 7) is 5.67. The van der Waals surface area contributed by atoms with Gasteiger partial charge in [-0.2, -0.15) is 0 Å². The Hall–Kier alpha value is -4.82. The quantitative estimate of drug-likeness (QED) is 0.236. The highest BCUT2D eigenvalue weighted by Crippen LogP contribution is 2.31. The fourth-order valence-electron chi connectivity index (χ4n) is 5.40. The van der Waals surface area contributed by atoms with Crippen LogP contribution in [0, 0.1) is 13.8 Å². The van der Waals surface area contributed by atoms with Gasteiger partial charge in [-0.1, -0.05) is 72.8 Å². The first-order valence-electron chi connectivity index (χ1n) is 13.8. The largest absolute Gasteiger partial charge is 0.468 e. The van der Waals surface area contributed by atoms with E-state index in [9.17, 15) is 4.79 Å². The minimum Gasteiger partial charge on any atom is -0.468 e. The second-order valence-corrected chi connectivity index (χ2v) is 10.4. The number of fused-ring (bicyclic) bond motifs is 1. The number of furan rings is 1. The minimum atomic E-state index is -0.542. The van der Waals surface area contributed by atoms with E-state index in [0.717, 1.165) is 39.8 Å². The lowest BCUT2D eigenvalue weighted by Gasteiger charge is -2.30. The van der Waals surface area contributed by atoms with E-state index in [4.69, 9.17) is 4.42 Å². The highest BCUT2D eigenvalue weighted by molar-refractivity contribution is 5.85. The van der Waals surface area contributed by atoms with Gasteiger partial charge in [0.15, 0.2) is 5.82 Å². The van der Waals surface area contributed by atoms with Crippen molar-refractivity contribution in [2.75, 3.05) is 0 Å². The first-order chi connectivity index (χ1) is 20.1. The van der Waals surface area contributed by atoms with Crippen LogP contribution in [0.2, 0.25) is 0 Å². The number of nitrogens with one attached hydrogen (secondary N) is 1. The van der Waals surface area contributed by atoms with Crippen molar-refractivity contribution in [1.82, 2.24) is 30.1 Å². The monoisotopic (exact) mass is 544 g/mol. The van der Waals surface area contributed by atoms with Gasteiger partial charge in [-0.15, -0.1) is 5.10 Å². The van der Waals surface area contributed by atoms with E-state index < -0.39 is 6.04 Å². The fraction of sp³-hybridized carbons (Fsp3) is 0.212. The van der Waals surface area contributed by atoms with Crippen molar-refractivity contribution in [1.29, 1.82) is 0 Å². The zero-order valence-electron chi connectivity index (χ0n) is 23.2. The highest BCUT2D eigenvalue weighted by atomic mass is 16.3. The maximum Gasteiger partial charge on any atom is 0.253 e. The molecule has 1 atom stereocenters. The van der Waals surface area contributed by atoms with Gasteiger partial charge in [0.2, 0.25) is 0 Å². The Bertz CT molecular complexity index is 1790. The molecule has 3 aromatic heterocycles. The lowest BCUT2D eigenvalue weighted by atomic mass is 9.99. The first kappa shape index (κ1) is 26.4. The summed E-state index contributed by atoms with van der Waals surface area (Å²) in [5.41, 5.74) is 5.69. The molecule has 0 saturated heterocycles. The molecule has 6 aromatic rings. The number of nitrogens with zero attached hydrogens (tertiary/aromatic N) is 5. The molecule has 0 saturated carbocycles. The van der Waals surface area contributed by atoms with E-state index in [1.807, 2.05) is 72.3 Å². The molecular weight excluding hydrogens is 512 g/mol. The lowest BCUT2D eigenvalue weighted by molar-refractivity contribution is 0.178. The predicted molar refractivity (Wildman–Crippen MR) is 158 cm³/mol. The summed E-state index contributed by atoms with van der Waals surface area (Å²) in [5, 5.41) is 14.0. The van der Waals surface area contributed by atoms with Gasteiger partial charge in [0.1, 0.15) is 11.8 Å². The third-order valence-corrected chi connectivity index (χ3v) is 7.56. The molecule has 0 fully saturated rings. The molecule has 206 valence electrons. The van der Waals surface area contributed by atoms with Gasteiger partial charge in [-0.05, 0) is 71.1 Å². The van der Waals surface area contributed by atoms with Gasteiger partial charge >= 0.3 is 0 Å². The predicted octanol–water partition coefficient (Wildman–Crippen LogP) is 5.76. The first-order valence-corrected chi connectivity index (χ1v) is 13.8. The van der Waals surface area contributed by atoms with Gasteiger partial charge in [0.05, 0.1) is 18.3 Å². The number of tetrazole rings is 1. The molecule has 0 aliphatic rings. The molecule has 8 heteroatoms. The molecule has 6 rings (SSSR count). The van der Waals surface area contributed by atoms with E-state index in [1.54, 1.807) is 6.26 Å². The van der Waals surface area contributed by atoms with Crippen molar-refractivity contribution in [3.63, 3.8) is 0 Å². The van der Waals surface area contributed by atoms with Crippen LogP contribution < -0.4 is 5.56 Å². The normalized spacial score (nSPS) is 12.3. The van der Waals surface area contributed by atoms with Crippen molar-refractivity contribution in [3.8, 4) is 0 Å². The Balaban J connectivity index is 1.50. The van der Waals surface area contributed by atoms with E-state index >= 15 is 0 Å². The SMILES string of the molecule is Cc1ccc(C)c2[nH]c(=O)c([C@H](c3nnnn3CCc3ccccc3)N(Cc3ccccc3)Cc3ccco3)cc12. The van der Waals surface area contributed by atoms with Crippen LogP contribution in [0.15, 0.2) is 106 Å². The van der Waals surface area contributed by atoms with Gasteiger partial charge in [0, 0.05) is 24.0 Å². The number of H-pyrrole nitrogens is 1. The number of aromatic amines is 1. The Morgan fingerprint density at radius 2 is 1.61 bits per heavy atom. The molecule has 3 heterocycles. The molecule has 0 unspecified atom stereocenters. The zero-order chi connectivity index (χ0) is 28.2. The van der Waals surface area contributed by atoms with E-state index in [1.165, 1.54) is 5.56 Å². The number of hydrogen-bond acceptors (Lipinski definition) is 6. The van der Waals surface area contributed by atoms with Crippen LogP contribution in [0.5, 0.6) is 0 Å². The standard InChI is InChI=1S/C33H32N6O2/c1-23-15-16-24(2)30-28(23)20-29(33(40)34-30)31(32-35-36-37-39(32)18-17-25-10-5-3-6-11-25)38(22-27-14-9-19-41-27)21-26-12-7-4-8-13-26/h3-16,19-20,31H,17-18,21-22H2,1-2H3,(H,34,40)/t31-/m1/s1. The van der Waals surface area contributed by atoms with Crippen molar-refractivity contribution < 1.29 is 4.42 Å². The van der Waals surface area contributed by atoms with Crippen molar-refractivity contribution in [2.24, 2.45) is 0 Å². The molecule has 0 aliphatic heterocycles. The van der Waals surface area contributed by atoms with Crippen LogP contribution >= 0.6 is 0 Å². The molecule has 0 aliphatic carbocycles. The Morgan fingerprint density at radius 1 is 0.878 bits per heavy atom. The molecule has 3 aromatic carbocycles. The van der Waals surface area contributed by atoms with Gasteiger partial charge in [0.25, 0.3) is 5.56 Å². The molecule has 1 N–H and O–H groups in total. The topological polar surface area (TPSA) is 92.8 Å². The third-order valence-electron chi connectivity index (χ3n) is 7.56. The summed E-state index contributed by atoms with van der Waals surface area (Å²) in [4.78, 5) is 19.3. The molecule has 41 heavy (non-hydrogen) atoms. The maximum atomic E-state index is 13.9. The fourth-order valence-corrected chi connectivity index (χ4v) is 5.40. The smallest absolute Gasteiger partial charge is 0.253 e. The van der Waals surface area contributed by atoms with Gasteiger partial charge < -0.3 is 9.40 Å². The number of hydrogen-bond donors (Lipinski definition) is 1. The number of pyridine rings is 1. The van der Waals surface area contributed by atoms with Crippen molar-refractivity contribution in [2.45, 2.75) is 45.9 Å². The van der Waals surface area contributed by atoms with E-state index in [-0.39, 0.29) is 5.56 Å². The summed E-state index contributed by atoms with van der Waals surface area (Å²) in [6, 6.07) is 29.9. The lowest BCUT2D eigenvalue weighted by Crippen LogP contribution is -2.35. The Labute approximate surface area is 238 Å². The summed E-state index contributed by atoms with van der Waals surface area (Å²) in [7, 11) is 0. The van der Waals surface area contributed by atoms with Crippen LogP contribution in [0.1, 0.15) is 45.4 Å². The summed E-state index contributed by atoms with van der Waals surface area (Å²) >= 11 is 0. The van der Waals surface area contributed by atoms with Crippen LogP contribution in [0.4, 0.5) is 0 Å².